The van der Waals surface area contributed by atoms with Crippen LogP contribution in [0.3, 0.4) is 0 Å². The lowest BCUT2D eigenvalue weighted by molar-refractivity contribution is 0.0303. The maximum absolute atomic E-state index is 13.2. The molecule has 0 bridgehead atoms. The van der Waals surface area contributed by atoms with Crippen LogP contribution in [0, 0.1) is 6.92 Å². The van der Waals surface area contributed by atoms with Crippen molar-refractivity contribution >= 4 is 29.0 Å². The Morgan fingerprint density at radius 1 is 0.953 bits per heavy atom. The highest BCUT2D eigenvalue weighted by Gasteiger charge is 2.19. The van der Waals surface area contributed by atoms with Crippen LogP contribution in [0.1, 0.15) is 51.7 Å². The monoisotopic (exact) mass is 579 g/mol. The molecule has 2 amide bonds. The first kappa shape index (κ1) is 29.7. The van der Waals surface area contributed by atoms with Crippen molar-refractivity contribution in [2.24, 2.45) is 7.05 Å². The van der Waals surface area contributed by atoms with Crippen LogP contribution in [0.15, 0.2) is 77.6 Å². The van der Waals surface area contributed by atoms with Gasteiger partial charge in [0.2, 0.25) is 0 Å². The highest BCUT2D eigenvalue weighted by atomic mass is 16.5. The van der Waals surface area contributed by atoms with Crippen molar-refractivity contribution in [3.05, 3.63) is 106 Å². The number of nitrogens with zero attached hydrogens (tertiary/aromatic N) is 3. The number of hydrogen-bond donors (Lipinski definition) is 2. The summed E-state index contributed by atoms with van der Waals surface area (Å²) in [6, 6.07) is 22.2. The van der Waals surface area contributed by atoms with Gasteiger partial charge in [0.1, 0.15) is 0 Å². The van der Waals surface area contributed by atoms with Gasteiger partial charge in [-0.3, -0.25) is 14.4 Å². The number of carbonyl (C=O) groups is 2. The number of nitrogens with one attached hydrogen (secondary N) is 2. The molecule has 1 fully saturated rings. The minimum absolute atomic E-state index is 0.0436. The summed E-state index contributed by atoms with van der Waals surface area (Å²) in [5.41, 5.74) is 5.34. The second-order valence-corrected chi connectivity index (χ2v) is 10.7. The van der Waals surface area contributed by atoms with Crippen molar-refractivity contribution in [2.45, 2.75) is 33.1 Å². The van der Waals surface area contributed by atoms with Gasteiger partial charge in [-0.1, -0.05) is 43.7 Å². The fourth-order valence-corrected chi connectivity index (χ4v) is 5.12. The molecule has 222 valence electrons. The number of hydrogen-bond acceptors (Lipinski definition) is 6. The summed E-state index contributed by atoms with van der Waals surface area (Å²) in [6.45, 7) is 6.20. The topological polar surface area (TPSA) is 106 Å². The van der Waals surface area contributed by atoms with E-state index < -0.39 is 0 Å². The molecule has 0 atom stereocenters. The van der Waals surface area contributed by atoms with E-state index >= 15 is 0 Å². The van der Waals surface area contributed by atoms with Gasteiger partial charge in [-0.25, -0.2) is 4.98 Å². The highest BCUT2D eigenvalue weighted by molar-refractivity contribution is 6.05. The van der Waals surface area contributed by atoms with Gasteiger partial charge in [-0.05, 0) is 67.8 Å². The Bertz CT molecular complexity index is 1670. The van der Waals surface area contributed by atoms with E-state index in [1.807, 2.05) is 55.5 Å². The van der Waals surface area contributed by atoms with Gasteiger partial charge in [0.05, 0.1) is 18.9 Å². The number of aryl methyl sites for hydroxylation is 1. The summed E-state index contributed by atoms with van der Waals surface area (Å²) in [6.07, 6.45) is 2.93. The van der Waals surface area contributed by atoms with E-state index in [2.05, 4.69) is 17.6 Å². The Kier molecular flexibility index (Phi) is 9.32. The third kappa shape index (κ3) is 6.84. The zero-order valence-corrected chi connectivity index (χ0v) is 24.9. The number of rotatable bonds is 9. The van der Waals surface area contributed by atoms with Crippen molar-refractivity contribution in [3.8, 4) is 11.3 Å². The average Bonchev–Trinajstić information content (AvgIpc) is 3.04. The normalized spacial score (nSPS) is 13.0. The lowest BCUT2D eigenvalue weighted by Gasteiger charge is -2.26. The van der Waals surface area contributed by atoms with Crippen LogP contribution in [0.4, 0.5) is 17.2 Å². The van der Waals surface area contributed by atoms with E-state index in [4.69, 9.17) is 9.72 Å². The van der Waals surface area contributed by atoms with Crippen molar-refractivity contribution < 1.29 is 14.3 Å². The number of amides is 2. The van der Waals surface area contributed by atoms with Crippen LogP contribution in [0.25, 0.3) is 11.3 Å². The van der Waals surface area contributed by atoms with Gasteiger partial charge in [-0.2, -0.15) is 0 Å². The third-order valence-corrected chi connectivity index (χ3v) is 7.73. The Balaban J connectivity index is 1.37. The molecule has 9 nitrogen and oxygen atoms in total. The SMILES string of the molecule is CCCCc1ccccc1C(=O)Nc1cccc(-c2nc(Nc3ccc(C(=O)N4CCOCC4)cc3)c(=O)n(C)c2C)c1. The first-order valence-electron chi connectivity index (χ1n) is 14.7. The number of carbonyl (C=O) groups excluding carboxylic acids is 2. The second kappa shape index (κ2) is 13.5. The molecule has 43 heavy (non-hydrogen) atoms. The molecule has 4 aromatic rings. The fourth-order valence-electron chi connectivity index (χ4n) is 5.12. The second-order valence-electron chi connectivity index (χ2n) is 10.7. The molecular weight excluding hydrogens is 542 g/mol. The molecule has 0 radical (unpaired) electrons. The summed E-state index contributed by atoms with van der Waals surface area (Å²) in [5, 5.41) is 6.16. The van der Waals surface area contributed by atoms with Gasteiger partial charge in [0.25, 0.3) is 17.4 Å². The minimum Gasteiger partial charge on any atom is -0.378 e. The average molecular weight is 580 g/mol. The number of morpholine rings is 1. The molecule has 0 spiro atoms. The molecule has 9 heteroatoms. The molecule has 0 aliphatic carbocycles. The maximum Gasteiger partial charge on any atom is 0.293 e. The van der Waals surface area contributed by atoms with Gasteiger partial charge in [0, 0.05) is 53.9 Å². The van der Waals surface area contributed by atoms with Gasteiger partial charge in [-0.15, -0.1) is 0 Å². The van der Waals surface area contributed by atoms with E-state index in [1.54, 1.807) is 40.8 Å². The Hall–Kier alpha value is -4.76. The Morgan fingerprint density at radius 2 is 1.70 bits per heavy atom. The summed E-state index contributed by atoms with van der Waals surface area (Å²) >= 11 is 0. The van der Waals surface area contributed by atoms with Gasteiger partial charge >= 0.3 is 0 Å². The van der Waals surface area contributed by atoms with Crippen molar-refractivity contribution in [2.75, 3.05) is 36.9 Å². The van der Waals surface area contributed by atoms with Crippen LogP contribution >= 0.6 is 0 Å². The predicted octanol–water partition coefficient (Wildman–Crippen LogP) is 5.57. The molecule has 1 aliphatic rings. The summed E-state index contributed by atoms with van der Waals surface area (Å²) < 4.78 is 6.89. The molecular formula is C34H37N5O4. The lowest BCUT2D eigenvalue weighted by atomic mass is 10.0. The number of benzene rings is 3. The highest BCUT2D eigenvalue weighted by Crippen LogP contribution is 2.26. The quantitative estimate of drug-likeness (QED) is 0.269. The summed E-state index contributed by atoms with van der Waals surface area (Å²) in [7, 11) is 1.71. The molecule has 3 aromatic carbocycles. The summed E-state index contributed by atoms with van der Waals surface area (Å²) in [4.78, 5) is 45.6. The zero-order chi connectivity index (χ0) is 30.3. The Morgan fingerprint density at radius 3 is 2.44 bits per heavy atom. The number of aromatic nitrogens is 2. The van der Waals surface area contributed by atoms with Crippen LogP contribution < -0.4 is 16.2 Å². The van der Waals surface area contributed by atoms with Gasteiger partial charge in [0.15, 0.2) is 5.82 Å². The molecule has 0 unspecified atom stereocenters. The molecule has 1 aliphatic heterocycles. The van der Waals surface area contributed by atoms with Crippen molar-refractivity contribution in [1.29, 1.82) is 0 Å². The maximum atomic E-state index is 13.2. The van der Waals surface area contributed by atoms with Crippen LogP contribution in [0.5, 0.6) is 0 Å². The van der Waals surface area contributed by atoms with Crippen LogP contribution in [-0.2, 0) is 18.2 Å². The zero-order valence-electron chi connectivity index (χ0n) is 24.9. The minimum atomic E-state index is -0.275. The lowest BCUT2D eigenvalue weighted by Crippen LogP contribution is -2.40. The van der Waals surface area contributed by atoms with Crippen molar-refractivity contribution in [3.63, 3.8) is 0 Å². The van der Waals surface area contributed by atoms with E-state index in [9.17, 15) is 14.4 Å². The number of ether oxygens (including phenoxy) is 1. The van der Waals surface area contributed by atoms with Crippen molar-refractivity contribution in [1.82, 2.24) is 14.5 Å². The van der Waals surface area contributed by atoms with E-state index in [0.29, 0.717) is 60.2 Å². The molecule has 2 N–H and O–H groups in total. The van der Waals surface area contributed by atoms with E-state index in [-0.39, 0.29) is 23.2 Å². The first-order chi connectivity index (χ1) is 20.9. The number of unbranched alkanes of at least 4 members (excludes halogenated alkanes) is 1. The summed E-state index contributed by atoms with van der Waals surface area (Å²) in [5.74, 6) is -0.0422. The standard InChI is InChI=1S/C34H37N5O4/c1-4-5-9-24-10-6-7-13-29(24)32(40)36-28-12-8-11-26(22-28)30-23(2)38(3)34(42)31(37-30)35-27-16-14-25(15-17-27)33(41)39-18-20-43-21-19-39/h6-8,10-17,22H,4-5,9,18-21H2,1-3H3,(H,35,37)(H,36,40). The fraction of sp³-hybridized carbons (Fsp3) is 0.294. The predicted molar refractivity (Wildman–Crippen MR) is 169 cm³/mol. The number of anilines is 3. The third-order valence-electron chi connectivity index (χ3n) is 7.73. The van der Waals surface area contributed by atoms with E-state index in [0.717, 1.165) is 30.4 Å². The molecule has 1 aromatic heterocycles. The van der Waals surface area contributed by atoms with Crippen LogP contribution in [0.2, 0.25) is 0 Å². The van der Waals surface area contributed by atoms with Crippen LogP contribution in [-0.4, -0.2) is 52.6 Å². The molecule has 5 rings (SSSR count). The molecule has 0 saturated carbocycles. The van der Waals surface area contributed by atoms with Gasteiger partial charge < -0.3 is 24.8 Å². The molecule has 1 saturated heterocycles. The Labute approximate surface area is 251 Å². The smallest absolute Gasteiger partial charge is 0.293 e. The van der Waals surface area contributed by atoms with E-state index in [1.165, 1.54) is 0 Å². The first-order valence-corrected chi connectivity index (χ1v) is 14.7. The molecule has 2 heterocycles. The largest absolute Gasteiger partial charge is 0.378 e.